The summed E-state index contributed by atoms with van der Waals surface area (Å²) in [5.41, 5.74) is 1.73. The van der Waals surface area contributed by atoms with E-state index >= 15 is 0 Å². The molecule has 6 aliphatic rings. The number of aliphatic hydroxyl groups excluding tert-OH is 1. The lowest BCUT2D eigenvalue weighted by Crippen LogP contribution is -2.73. The molecule has 37 heavy (non-hydrogen) atoms. The Labute approximate surface area is 216 Å². The predicted molar refractivity (Wildman–Crippen MR) is 139 cm³/mol. The summed E-state index contributed by atoms with van der Waals surface area (Å²) in [6.07, 6.45) is 5.69. The van der Waals surface area contributed by atoms with Crippen LogP contribution in [0, 0.1) is 11.3 Å². The van der Waals surface area contributed by atoms with Gasteiger partial charge in [-0.15, -0.1) is 0 Å². The predicted octanol–water partition coefficient (Wildman–Crippen LogP) is 1.28. The van der Waals surface area contributed by atoms with Crippen molar-refractivity contribution in [3.05, 3.63) is 36.0 Å². The molecule has 3 N–H and O–H groups in total. The maximum atomic E-state index is 13.9. The summed E-state index contributed by atoms with van der Waals surface area (Å²) < 4.78 is 0. The molecule has 1 spiro atoms. The van der Waals surface area contributed by atoms with Gasteiger partial charge in [-0.1, -0.05) is 0 Å². The molecule has 0 unspecified atom stereocenters. The lowest BCUT2D eigenvalue weighted by molar-refractivity contribution is -0.144. The minimum absolute atomic E-state index is 0.0822. The Morgan fingerprint density at radius 1 is 1.08 bits per heavy atom. The molecule has 2 saturated heterocycles. The van der Waals surface area contributed by atoms with Crippen LogP contribution in [-0.2, 0) is 16.0 Å². The lowest BCUT2D eigenvalue weighted by Gasteiger charge is -2.67. The molecule has 1 atom stereocenters. The number of carbonyl (C=O) groups is 2. The number of piperazine rings is 1. The van der Waals surface area contributed by atoms with Gasteiger partial charge in [-0.25, -0.2) is 4.98 Å². The molecular formula is C27H33N7O3. The van der Waals surface area contributed by atoms with E-state index < -0.39 is 5.41 Å². The van der Waals surface area contributed by atoms with Crippen molar-refractivity contribution in [3.63, 3.8) is 0 Å². The number of nitrogens with one attached hydrogen (secondary N) is 2. The summed E-state index contributed by atoms with van der Waals surface area (Å²) in [4.78, 5) is 42.6. The van der Waals surface area contributed by atoms with Crippen LogP contribution in [0.25, 0.3) is 0 Å². The maximum Gasteiger partial charge on any atom is 0.244 e. The molecule has 2 bridgehead atoms. The molecule has 2 amide bonds. The molecule has 8 rings (SSSR count). The summed E-state index contributed by atoms with van der Waals surface area (Å²) in [5.74, 6) is 1.59. The molecule has 0 radical (unpaired) electrons. The van der Waals surface area contributed by atoms with Crippen molar-refractivity contribution in [2.75, 3.05) is 61.0 Å². The van der Waals surface area contributed by atoms with Gasteiger partial charge in [0.15, 0.2) is 0 Å². The minimum Gasteiger partial charge on any atom is -0.395 e. The largest absolute Gasteiger partial charge is 0.395 e. The number of aromatic nitrogens is 2. The molecule has 4 heterocycles. The fourth-order valence-corrected chi connectivity index (χ4v) is 6.93. The van der Waals surface area contributed by atoms with E-state index in [2.05, 4.69) is 37.6 Å². The molecule has 2 aromatic rings. The van der Waals surface area contributed by atoms with Crippen LogP contribution in [0.1, 0.15) is 31.2 Å². The highest BCUT2D eigenvalue weighted by molar-refractivity contribution is 6.15. The van der Waals surface area contributed by atoms with E-state index in [1.54, 1.807) is 6.20 Å². The van der Waals surface area contributed by atoms with E-state index in [9.17, 15) is 9.59 Å². The molecule has 1 aromatic carbocycles. The van der Waals surface area contributed by atoms with Crippen molar-refractivity contribution >= 4 is 35.0 Å². The standard InChI is InChI=1S/C27H33N7O3/c35-12-11-32-7-9-33(10-8-32)21-3-1-20(2-4-21)30-25-29-17-19-16-27(5-6-28-23(27)36)24(37)34(22(19)31-25)26-13-18(14-26)15-26/h1-4,17-18,35H,5-16H2,(H,28,36)(H,29,30,31)/t18?,26?,27-/m1/s1. The minimum atomic E-state index is -1.01. The highest BCUT2D eigenvalue weighted by atomic mass is 16.3. The normalized spacial score (nSPS) is 30.6. The zero-order valence-corrected chi connectivity index (χ0v) is 20.9. The summed E-state index contributed by atoms with van der Waals surface area (Å²) in [5, 5.41) is 15.4. The van der Waals surface area contributed by atoms with Crippen LogP contribution in [0.15, 0.2) is 30.5 Å². The summed E-state index contributed by atoms with van der Waals surface area (Å²) >= 11 is 0. The fourth-order valence-electron chi connectivity index (χ4n) is 6.93. The molecule has 1 aromatic heterocycles. The molecule has 5 fully saturated rings. The van der Waals surface area contributed by atoms with E-state index in [0.29, 0.717) is 37.1 Å². The molecule has 10 nitrogen and oxygen atoms in total. The Balaban J connectivity index is 1.11. The third-order valence-corrected chi connectivity index (χ3v) is 9.19. The summed E-state index contributed by atoms with van der Waals surface area (Å²) in [6.45, 7) is 5.25. The van der Waals surface area contributed by atoms with Gasteiger partial charge in [0.1, 0.15) is 11.2 Å². The highest BCUT2D eigenvalue weighted by Crippen LogP contribution is 2.63. The van der Waals surface area contributed by atoms with E-state index in [0.717, 1.165) is 63.2 Å². The highest BCUT2D eigenvalue weighted by Gasteiger charge is 2.67. The van der Waals surface area contributed by atoms with E-state index in [1.165, 1.54) is 5.69 Å². The number of hydrogen-bond donors (Lipinski definition) is 3. The van der Waals surface area contributed by atoms with Crippen molar-refractivity contribution in [1.29, 1.82) is 0 Å². The van der Waals surface area contributed by atoms with Gasteiger partial charge in [0.25, 0.3) is 0 Å². The van der Waals surface area contributed by atoms with Gasteiger partial charge in [-0.2, -0.15) is 4.98 Å². The molecule has 3 saturated carbocycles. The topological polar surface area (TPSA) is 114 Å². The van der Waals surface area contributed by atoms with Crippen LogP contribution in [-0.4, -0.2) is 83.2 Å². The lowest BCUT2D eigenvalue weighted by atomic mass is 9.48. The summed E-state index contributed by atoms with van der Waals surface area (Å²) in [6, 6.07) is 8.26. The number of β-amino-alcohol motifs (C(OH)–C–C–N with tert-alkyl or cyclic N) is 1. The Hall–Kier alpha value is -3.24. The van der Waals surface area contributed by atoms with E-state index in [1.807, 2.05) is 17.0 Å². The Morgan fingerprint density at radius 3 is 2.46 bits per heavy atom. The maximum absolute atomic E-state index is 13.9. The SMILES string of the molecule is O=C1NCC[C@@]12Cc1cnc(Nc3ccc(N4CCN(CCO)CC4)cc3)nc1N(C13CC(C1)C3)C2=O. The van der Waals surface area contributed by atoms with Gasteiger partial charge in [-0.3, -0.25) is 19.4 Å². The number of aliphatic hydroxyl groups is 1. The Morgan fingerprint density at radius 2 is 1.84 bits per heavy atom. The van der Waals surface area contributed by atoms with Crippen LogP contribution >= 0.6 is 0 Å². The van der Waals surface area contributed by atoms with Gasteiger partial charge in [-0.05, 0) is 55.9 Å². The first-order valence-electron chi connectivity index (χ1n) is 13.4. The quantitative estimate of drug-likeness (QED) is 0.506. The summed E-state index contributed by atoms with van der Waals surface area (Å²) in [7, 11) is 0. The van der Waals surface area contributed by atoms with Crippen molar-refractivity contribution in [3.8, 4) is 0 Å². The Kier molecular flexibility index (Phi) is 5.20. The number of benzene rings is 1. The van der Waals surface area contributed by atoms with Crippen LogP contribution in [0.2, 0.25) is 0 Å². The monoisotopic (exact) mass is 503 g/mol. The van der Waals surface area contributed by atoms with Gasteiger partial charge >= 0.3 is 0 Å². The zero-order valence-electron chi connectivity index (χ0n) is 20.9. The first-order valence-corrected chi connectivity index (χ1v) is 13.4. The molecular weight excluding hydrogens is 470 g/mol. The van der Waals surface area contributed by atoms with Gasteiger partial charge < -0.3 is 20.6 Å². The first kappa shape index (κ1) is 22.9. The number of hydrogen-bond acceptors (Lipinski definition) is 8. The molecule has 194 valence electrons. The van der Waals surface area contributed by atoms with E-state index in [4.69, 9.17) is 10.1 Å². The number of amides is 2. The van der Waals surface area contributed by atoms with Crippen LogP contribution in [0.4, 0.5) is 23.1 Å². The van der Waals surface area contributed by atoms with E-state index in [-0.39, 0.29) is 24.0 Å². The zero-order chi connectivity index (χ0) is 25.2. The molecule has 3 aliphatic carbocycles. The number of rotatable bonds is 6. The van der Waals surface area contributed by atoms with Crippen LogP contribution < -0.4 is 20.4 Å². The smallest absolute Gasteiger partial charge is 0.244 e. The van der Waals surface area contributed by atoms with Crippen molar-refractivity contribution < 1.29 is 14.7 Å². The van der Waals surface area contributed by atoms with Crippen molar-refractivity contribution in [2.24, 2.45) is 11.3 Å². The Bertz CT molecular complexity index is 1230. The second-order valence-corrected chi connectivity index (χ2v) is 11.4. The van der Waals surface area contributed by atoms with Gasteiger partial charge in [0.05, 0.1) is 12.1 Å². The average Bonchev–Trinajstić information content (AvgIpc) is 3.22. The molecule has 10 heteroatoms. The van der Waals surface area contributed by atoms with Crippen LogP contribution in [0.3, 0.4) is 0 Å². The average molecular weight is 504 g/mol. The second-order valence-electron chi connectivity index (χ2n) is 11.4. The number of fused-ring (bicyclic) bond motifs is 1. The molecule has 3 aliphatic heterocycles. The third kappa shape index (κ3) is 3.53. The van der Waals surface area contributed by atoms with Gasteiger partial charge in [0.2, 0.25) is 17.8 Å². The van der Waals surface area contributed by atoms with Crippen LogP contribution in [0.5, 0.6) is 0 Å². The first-order chi connectivity index (χ1) is 18.0. The number of nitrogens with zero attached hydrogens (tertiary/aromatic N) is 5. The number of carbonyl (C=O) groups excluding carboxylic acids is 2. The second kappa shape index (κ2) is 8.39. The van der Waals surface area contributed by atoms with Crippen molar-refractivity contribution in [2.45, 2.75) is 37.6 Å². The van der Waals surface area contributed by atoms with Crippen molar-refractivity contribution in [1.82, 2.24) is 20.2 Å². The number of anilines is 4. The van der Waals surface area contributed by atoms with Gasteiger partial charge in [0, 0.05) is 68.8 Å². The third-order valence-electron chi connectivity index (χ3n) is 9.19. The fraction of sp³-hybridized carbons (Fsp3) is 0.556.